The van der Waals surface area contributed by atoms with Crippen LogP contribution >= 0.6 is 23.2 Å². The van der Waals surface area contributed by atoms with Crippen molar-refractivity contribution in [2.75, 3.05) is 10.8 Å². The number of hydrogen-bond acceptors (Lipinski definition) is 6. The summed E-state index contributed by atoms with van der Waals surface area (Å²) in [5.74, 6) is 0.636. The van der Waals surface area contributed by atoms with Gasteiger partial charge >= 0.3 is 5.97 Å². The molecule has 0 saturated heterocycles. The number of carbonyl (C=O) groups excluding carboxylic acids is 1. The summed E-state index contributed by atoms with van der Waals surface area (Å²) in [7, 11) is -4.24. The fourth-order valence-electron chi connectivity index (χ4n) is 3.92. The molecule has 0 aliphatic heterocycles. The molecule has 37 heavy (non-hydrogen) atoms. The van der Waals surface area contributed by atoms with Crippen molar-refractivity contribution in [1.29, 1.82) is 0 Å². The number of aromatic nitrogens is 3. The summed E-state index contributed by atoms with van der Waals surface area (Å²) in [6, 6.07) is 12.8. The number of benzene rings is 2. The van der Waals surface area contributed by atoms with Gasteiger partial charge in [-0.3, -0.25) is 9.10 Å². The lowest BCUT2D eigenvalue weighted by Gasteiger charge is -2.26. The van der Waals surface area contributed by atoms with Crippen molar-refractivity contribution in [3.05, 3.63) is 76.3 Å². The van der Waals surface area contributed by atoms with Crippen LogP contribution in [-0.4, -0.2) is 41.1 Å². The van der Waals surface area contributed by atoms with Gasteiger partial charge in [0.1, 0.15) is 23.8 Å². The van der Waals surface area contributed by atoms with Crippen molar-refractivity contribution in [3.8, 4) is 5.82 Å². The van der Waals surface area contributed by atoms with Gasteiger partial charge in [-0.15, -0.1) is 0 Å². The monoisotopic (exact) mass is 560 g/mol. The number of anilines is 1. The molecule has 4 rings (SSSR count). The third kappa shape index (κ3) is 6.06. The Hall–Kier alpha value is -3.14. The van der Waals surface area contributed by atoms with Crippen LogP contribution in [0, 0.1) is 13.8 Å². The average molecular weight is 561 g/mol. The van der Waals surface area contributed by atoms with E-state index in [1.807, 2.05) is 36.7 Å². The van der Waals surface area contributed by atoms with E-state index in [0.717, 1.165) is 20.9 Å². The van der Waals surface area contributed by atoms with Gasteiger partial charge < -0.3 is 9.30 Å². The molecule has 0 unspecified atom stereocenters. The number of halogens is 2. The average Bonchev–Trinajstić information content (AvgIpc) is 3.18. The molecule has 4 aromatic rings. The number of sulfonamides is 1. The van der Waals surface area contributed by atoms with E-state index < -0.39 is 28.1 Å². The summed E-state index contributed by atoms with van der Waals surface area (Å²) < 4.78 is 35.8. The highest BCUT2D eigenvalue weighted by molar-refractivity contribution is 7.92. The smallest absolute Gasteiger partial charge is 0.327 e. The standard InChI is InChI=1S/C26H26Cl2N4O4S/c1-16-10-24(30-17(2)29-16)31-9-8-18-11-21(6-7-23(18)31)32(15-25(33)36-26(3,4)5)37(34,35)22-13-19(27)12-20(28)14-22/h6-14H,15H2,1-5H3. The van der Waals surface area contributed by atoms with Crippen LogP contribution in [0.4, 0.5) is 5.69 Å². The molecule has 0 atom stereocenters. The van der Waals surface area contributed by atoms with E-state index in [4.69, 9.17) is 27.9 Å². The number of carbonyl (C=O) groups is 1. The van der Waals surface area contributed by atoms with E-state index in [1.54, 1.807) is 39.0 Å². The van der Waals surface area contributed by atoms with Gasteiger partial charge in [0.2, 0.25) is 0 Å². The van der Waals surface area contributed by atoms with Crippen molar-refractivity contribution < 1.29 is 17.9 Å². The zero-order valence-corrected chi connectivity index (χ0v) is 23.3. The number of nitrogens with zero attached hydrogens (tertiary/aromatic N) is 4. The fourth-order valence-corrected chi connectivity index (χ4v) is 6.04. The number of rotatable bonds is 6. The van der Waals surface area contributed by atoms with Crippen LogP contribution in [0.2, 0.25) is 10.0 Å². The Morgan fingerprint density at radius 3 is 2.30 bits per heavy atom. The lowest BCUT2D eigenvalue weighted by atomic mass is 10.2. The van der Waals surface area contributed by atoms with Gasteiger partial charge in [0.15, 0.2) is 0 Å². The summed E-state index contributed by atoms with van der Waals surface area (Å²) in [5, 5.41) is 1.07. The molecule has 0 amide bonds. The van der Waals surface area contributed by atoms with E-state index in [2.05, 4.69) is 9.97 Å². The minimum absolute atomic E-state index is 0.141. The third-order valence-electron chi connectivity index (χ3n) is 5.28. The number of fused-ring (bicyclic) bond motifs is 1. The Kier molecular flexibility index (Phi) is 7.25. The van der Waals surface area contributed by atoms with E-state index in [1.165, 1.54) is 18.2 Å². The van der Waals surface area contributed by atoms with Crippen molar-refractivity contribution in [2.45, 2.75) is 45.1 Å². The van der Waals surface area contributed by atoms with E-state index in [-0.39, 0.29) is 20.6 Å². The Bertz CT molecular complexity index is 1570. The molecule has 11 heteroatoms. The SMILES string of the molecule is Cc1cc(-n2ccc3cc(N(CC(=O)OC(C)(C)C)S(=O)(=O)c4cc(Cl)cc(Cl)c4)ccc32)nc(C)n1. The predicted molar refractivity (Wildman–Crippen MR) is 145 cm³/mol. The van der Waals surface area contributed by atoms with Crippen LogP contribution < -0.4 is 4.31 Å². The normalized spacial score (nSPS) is 12.1. The quantitative estimate of drug-likeness (QED) is 0.273. The molecule has 8 nitrogen and oxygen atoms in total. The van der Waals surface area contributed by atoms with Gasteiger partial charge in [0.25, 0.3) is 10.0 Å². The maximum atomic E-state index is 13.8. The maximum absolute atomic E-state index is 13.8. The Labute approximate surface area is 225 Å². The molecule has 0 fully saturated rings. The van der Waals surface area contributed by atoms with Crippen LogP contribution in [0.5, 0.6) is 0 Å². The third-order valence-corrected chi connectivity index (χ3v) is 7.47. The van der Waals surface area contributed by atoms with Crippen LogP contribution in [-0.2, 0) is 19.6 Å². The minimum atomic E-state index is -4.24. The van der Waals surface area contributed by atoms with Crippen molar-refractivity contribution in [3.63, 3.8) is 0 Å². The number of ether oxygens (including phenoxy) is 1. The van der Waals surface area contributed by atoms with Gasteiger partial charge in [0.05, 0.1) is 16.1 Å². The van der Waals surface area contributed by atoms with Crippen molar-refractivity contribution in [2.24, 2.45) is 0 Å². The summed E-state index contributed by atoms with van der Waals surface area (Å²) in [6.07, 6.45) is 1.85. The molecule has 0 aliphatic rings. The van der Waals surface area contributed by atoms with Gasteiger partial charge in [-0.25, -0.2) is 18.4 Å². The number of aryl methyl sites for hydroxylation is 2. The molecule has 0 bridgehead atoms. The lowest BCUT2D eigenvalue weighted by molar-refractivity contribution is -0.152. The van der Waals surface area contributed by atoms with Crippen LogP contribution in [0.25, 0.3) is 16.7 Å². The van der Waals surface area contributed by atoms with Crippen LogP contribution in [0.1, 0.15) is 32.3 Å². The molecule has 0 N–H and O–H groups in total. The van der Waals surface area contributed by atoms with Gasteiger partial charge in [-0.1, -0.05) is 23.2 Å². The fraction of sp³-hybridized carbons (Fsp3) is 0.269. The molecule has 0 aliphatic carbocycles. The molecule has 2 aromatic carbocycles. The summed E-state index contributed by atoms with van der Waals surface area (Å²) in [6.45, 7) is 8.31. The minimum Gasteiger partial charge on any atom is -0.459 e. The molecule has 194 valence electrons. The number of hydrogen-bond donors (Lipinski definition) is 0. The van der Waals surface area contributed by atoms with Crippen LogP contribution in [0.3, 0.4) is 0 Å². The first-order valence-electron chi connectivity index (χ1n) is 11.4. The highest BCUT2D eigenvalue weighted by atomic mass is 35.5. The van der Waals surface area contributed by atoms with Gasteiger partial charge in [-0.2, -0.15) is 0 Å². The Balaban J connectivity index is 1.81. The largest absolute Gasteiger partial charge is 0.459 e. The van der Waals surface area contributed by atoms with Gasteiger partial charge in [-0.05, 0) is 77.1 Å². The second kappa shape index (κ2) is 9.96. The topological polar surface area (TPSA) is 94.4 Å². The zero-order valence-electron chi connectivity index (χ0n) is 21.0. The first-order chi connectivity index (χ1) is 17.2. The Morgan fingerprint density at radius 1 is 1.00 bits per heavy atom. The molecule has 2 heterocycles. The first kappa shape index (κ1) is 26.9. The van der Waals surface area contributed by atoms with Crippen molar-refractivity contribution >= 4 is 55.8 Å². The lowest BCUT2D eigenvalue weighted by Crippen LogP contribution is -2.39. The summed E-state index contributed by atoms with van der Waals surface area (Å²) >= 11 is 12.2. The van der Waals surface area contributed by atoms with E-state index >= 15 is 0 Å². The molecule has 2 aromatic heterocycles. The summed E-state index contributed by atoms with van der Waals surface area (Å²) in [5.41, 5.74) is 1.13. The molecule has 0 radical (unpaired) electrons. The second-order valence-corrected chi connectivity index (χ2v) is 12.3. The molecular formula is C26H26Cl2N4O4S. The second-order valence-electron chi connectivity index (χ2n) is 9.55. The van der Waals surface area contributed by atoms with Gasteiger partial charge in [0, 0.05) is 33.4 Å². The molecule has 0 spiro atoms. The molecular weight excluding hydrogens is 535 g/mol. The first-order valence-corrected chi connectivity index (χ1v) is 13.6. The zero-order chi connectivity index (χ0) is 27.1. The number of esters is 1. The molecule has 0 saturated carbocycles. The highest BCUT2D eigenvalue weighted by Crippen LogP contribution is 2.31. The van der Waals surface area contributed by atoms with Crippen LogP contribution in [0.15, 0.2) is 59.6 Å². The summed E-state index contributed by atoms with van der Waals surface area (Å²) in [4.78, 5) is 21.5. The predicted octanol–water partition coefficient (Wildman–Crippen LogP) is 5.88. The maximum Gasteiger partial charge on any atom is 0.327 e. The van der Waals surface area contributed by atoms with Crippen molar-refractivity contribution in [1.82, 2.24) is 14.5 Å². The van der Waals surface area contributed by atoms with E-state index in [9.17, 15) is 13.2 Å². The highest BCUT2D eigenvalue weighted by Gasteiger charge is 2.30. The Morgan fingerprint density at radius 2 is 1.68 bits per heavy atom. The van der Waals surface area contributed by atoms with E-state index in [0.29, 0.717) is 11.6 Å².